The van der Waals surface area contributed by atoms with Gasteiger partial charge in [-0.1, -0.05) is 80.4 Å². The van der Waals surface area contributed by atoms with E-state index in [4.69, 9.17) is 0 Å². The highest BCUT2D eigenvalue weighted by Crippen LogP contribution is 2.49. The van der Waals surface area contributed by atoms with Crippen molar-refractivity contribution in [2.24, 2.45) is 0 Å². The smallest absolute Gasteiger partial charge is 0.263 e. The molecule has 5 nitrogen and oxygen atoms in total. The zero-order valence-corrected chi connectivity index (χ0v) is 20.7. The van der Waals surface area contributed by atoms with Crippen molar-refractivity contribution in [2.45, 2.75) is 69.4 Å². The van der Waals surface area contributed by atoms with Crippen LogP contribution in [0, 0.1) is 6.92 Å². The summed E-state index contributed by atoms with van der Waals surface area (Å²) in [5.74, 6) is 1.57. The number of benzene rings is 2. The first-order valence-corrected chi connectivity index (χ1v) is 13.4. The van der Waals surface area contributed by atoms with Crippen LogP contribution in [-0.4, -0.2) is 24.9 Å². The minimum atomic E-state index is -0.130. The van der Waals surface area contributed by atoms with Crippen molar-refractivity contribution in [3.8, 4) is 16.9 Å². The third-order valence-electron chi connectivity index (χ3n) is 7.63. The molecule has 174 valence electrons. The molecule has 6 rings (SSSR count). The standard InChI is InChI=1S/C28H30N4OS/c1-3-17-34-27-30-29-26-31(22-14-8-5-11-19(22)2)25(33)23-24(32(26)27)21-13-7-6-12-20(21)18-28(23)15-9-4-10-16-28/h5-8,11-14H,3-4,9-10,15-18H2,1-2H3. The molecular formula is C28H30N4OS. The van der Waals surface area contributed by atoms with Crippen molar-refractivity contribution in [1.29, 1.82) is 0 Å². The van der Waals surface area contributed by atoms with Gasteiger partial charge in [-0.25, -0.2) is 4.57 Å². The molecule has 0 saturated heterocycles. The lowest BCUT2D eigenvalue weighted by molar-refractivity contribution is 0.284. The zero-order chi connectivity index (χ0) is 23.3. The molecule has 6 heteroatoms. The van der Waals surface area contributed by atoms with E-state index >= 15 is 0 Å². The minimum Gasteiger partial charge on any atom is -0.268 e. The van der Waals surface area contributed by atoms with Gasteiger partial charge < -0.3 is 0 Å². The summed E-state index contributed by atoms with van der Waals surface area (Å²) in [7, 11) is 0. The topological polar surface area (TPSA) is 52.2 Å². The van der Waals surface area contributed by atoms with Crippen LogP contribution in [0.15, 0.2) is 58.5 Å². The fourth-order valence-corrected chi connectivity index (χ4v) is 6.87. The molecule has 2 aromatic heterocycles. The molecule has 1 saturated carbocycles. The Morgan fingerprint density at radius 2 is 1.76 bits per heavy atom. The van der Waals surface area contributed by atoms with Crippen molar-refractivity contribution in [3.05, 3.63) is 75.6 Å². The number of rotatable bonds is 4. The van der Waals surface area contributed by atoms with Crippen LogP contribution in [0.25, 0.3) is 22.7 Å². The van der Waals surface area contributed by atoms with Crippen LogP contribution in [0.2, 0.25) is 0 Å². The van der Waals surface area contributed by atoms with Gasteiger partial charge in [-0.05, 0) is 49.8 Å². The summed E-state index contributed by atoms with van der Waals surface area (Å²) in [5.41, 5.74) is 6.40. The molecule has 0 atom stereocenters. The summed E-state index contributed by atoms with van der Waals surface area (Å²) in [5, 5.41) is 10.1. The summed E-state index contributed by atoms with van der Waals surface area (Å²) in [6.45, 7) is 4.24. The lowest BCUT2D eigenvalue weighted by Crippen LogP contribution is -2.43. The molecule has 4 aromatic rings. The Morgan fingerprint density at radius 3 is 2.56 bits per heavy atom. The van der Waals surface area contributed by atoms with Crippen LogP contribution in [0.1, 0.15) is 62.1 Å². The van der Waals surface area contributed by atoms with Gasteiger partial charge in [-0.2, -0.15) is 0 Å². The number of nitrogens with zero attached hydrogens (tertiary/aromatic N) is 4. The highest BCUT2D eigenvalue weighted by atomic mass is 32.2. The lowest BCUT2D eigenvalue weighted by atomic mass is 9.62. The maximum atomic E-state index is 14.6. The van der Waals surface area contributed by atoms with Crippen LogP contribution in [-0.2, 0) is 11.8 Å². The number of hydrogen-bond acceptors (Lipinski definition) is 4. The van der Waals surface area contributed by atoms with Gasteiger partial charge in [0.15, 0.2) is 5.16 Å². The van der Waals surface area contributed by atoms with E-state index in [9.17, 15) is 4.79 Å². The van der Waals surface area contributed by atoms with E-state index in [2.05, 4.69) is 58.8 Å². The van der Waals surface area contributed by atoms with Crippen LogP contribution < -0.4 is 5.56 Å². The molecule has 2 aliphatic carbocycles. The van der Waals surface area contributed by atoms with Crippen LogP contribution in [0.3, 0.4) is 0 Å². The number of para-hydroxylation sites is 1. The van der Waals surface area contributed by atoms with E-state index in [0.717, 1.165) is 64.7 Å². The van der Waals surface area contributed by atoms with Crippen molar-refractivity contribution in [3.63, 3.8) is 0 Å². The molecule has 2 aromatic carbocycles. The van der Waals surface area contributed by atoms with Gasteiger partial charge in [0.05, 0.1) is 11.4 Å². The predicted molar refractivity (Wildman–Crippen MR) is 138 cm³/mol. The molecule has 1 spiro atoms. The molecule has 1 fully saturated rings. The molecule has 0 aliphatic heterocycles. The van der Waals surface area contributed by atoms with Crippen molar-refractivity contribution in [1.82, 2.24) is 19.2 Å². The van der Waals surface area contributed by atoms with Gasteiger partial charge in [-0.15, -0.1) is 10.2 Å². The summed E-state index contributed by atoms with van der Waals surface area (Å²) in [6.07, 6.45) is 7.69. The summed E-state index contributed by atoms with van der Waals surface area (Å²) >= 11 is 1.73. The average Bonchev–Trinajstić information content (AvgIpc) is 3.27. The van der Waals surface area contributed by atoms with Crippen molar-refractivity contribution in [2.75, 3.05) is 5.75 Å². The lowest BCUT2D eigenvalue weighted by Gasteiger charge is -2.42. The third-order valence-corrected chi connectivity index (χ3v) is 8.76. The second kappa shape index (κ2) is 8.42. The highest BCUT2D eigenvalue weighted by molar-refractivity contribution is 7.99. The molecule has 0 radical (unpaired) electrons. The van der Waals surface area contributed by atoms with Crippen molar-refractivity contribution >= 4 is 17.5 Å². The summed E-state index contributed by atoms with van der Waals surface area (Å²) in [6, 6.07) is 16.7. The average molecular weight is 471 g/mol. The van der Waals surface area contributed by atoms with E-state index in [1.54, 1.807) is 11.8 Å². The fourth-order valence-electron chi connectivity index (χ4n) is 6.08. The van der Waals surface area contributed by atoms with Gasteiger partial charge in [0.1, 0.15) is 0 Å². The Bertz CT molecular complexity index is 1440. The largest absolute Gasteiger partial charge is 0.268 e. The Kier molecular flexibility index (Phi) is 5.36. The molecule has 2 heterocycles. The van der Waals surface area contributed by atoms with E-state index in [1.807, 2.05) is 22.8 Å². The van der Waals surface area contributed by atoms with Crippen molar-refractivity contribution < 1.29 is 0 Å². The third kappa shape index (κ3) is 3.18. The molecule has 34 heavy (non-hydrogen) atoms. The maximum absolute atomic E-state index is 14.6. The number of aromatic nitrogens is 4. The monoisotopic (exact) mass is 470 g/mol. The quantitative estimate of drug-likeness (QED) is 0.337. The van der Waals surface area contributed by atoms with Gasteiger partial charge in [-0.3, -0.25) is 9.20 Å². The minimum absolute atomic E-state index is 0.0765. The summed E-state index contributed by atoms with van der Waals surface area (Å²) in [4.78, 5) is 14.6. The first-order valence-electron chi connectivity index (χ1n) is 12.5. The Morgan fingerprint density at radius 1 is 1.00 bits per heavy atom. The highest BCUT2D eigenvalue weighted by Gasteiger charge is 2.44. The van der Waals surface area contributed by atoms with E-state index in [-0.39, 0.29) is 11.0 Å². The molecule has 0 bridgehead atoms. The first-order chi connectivity index (χ1) is 16.6. The van der Waals surface area contributed by atoms with E-state index in [1.165, 1.54) is 24.8 Å². The second-order valence-electron chi connectivity index (χ2n) is 9.79. The zero-order valence-electron chi connectivity index (χ0n) is 19.9. The number of aryl methyl sites for hydroxylation is 1. The second-order valence-corrected chi connectivity index (χ2v) is 10.9. The molecule has 0 unspecified atom stereocenters. The maximum Gasteiger partial charge on any atom is 0.263 e. The molecule has 0 amide bonds. The van der Waals surface area contributed by atoms with Crippen LogP contribution >= 0.6 is 11.8 Å². The first kappa shape index (κ1) is 21.7. The van der Waals surface area contributed by atoms with Gasteiger partial charge in [0, 0.05) is 22.3 Å². The van der Waals surface area contributed by atoms with Crippen LogP contribution in [0.4, 0.5) is 0 Å². The Hall–Kier alpha value is -2.86. The molecule has 2 aliphatic rings. The van der Waals surface area contributed by atoms with Crippen LogP contribution in [0.5, 0.6) is 0 Å². The fraction of sp³-hybridized carbons (Fsp3) is 0.393. The molecule has 0 N–H and O–H groups in total. The van der Waals surface area contributed by atoms with Gasteiger partial charge >= 0.3 is 0 Å². The molecular weight excluding hydrogens is 440 g/mol. The number of thioether (sulfide) groups is 1. The predicted octanol–water partition coefficient (Wildman–Crippen LogP) is 6.12. The van der Waals surface area contributed by atoms with Gasteiger partial charge in [0.2, 0.25) is 5.78 Å². The SMILES string of the molecule is CCCSc1nnc2n(-c3ccccc3C)c(=O)c3c(n12)-c1ccccc1CC31CCCCC1. The summed E-state index contributed by atoms with van der Waals surface area (Å²) < 4.78 is 4.03. The van der Waals surface area contributed by atoms with Gasteiger partial charge in [0.25, 0.3) is 5.56 Å². The normalized spacial score (nSPS) is 16.5. The number of fused-ring (bicyclic) bond motifs is 6. The number of hydrogen-bond donors (Lipinski definition) is 0. The van der Waals surface area contributed by atoms with E-state index < -0.39 is 0 Å². The van der Waals surface area contributed by atoms with E-state index in [0.29, 0.717) is 5.78 Å². The Labute approximate surface area is 204 Å². The Balaban J connectivity index is 1.79.